The van der Waals surface area contributed by atoms with Crippen LogP contribution in [0.2, 0.25) is 0 Å². The molecule has 2 aromatic rings. The number of halogens is 2. The lowest BCUT2D eigenvalue weighted by atomic mass is 10.0. The van der Waals surface area contributed by atoms with Crippen LogP contribution in [0.25, 0.3) is 0 Å². The zero-order chi connectivity index (χ0) is 16.8. The van der Waals surface area contributed by atoms with Gasteiger partial charge in [-0.05, 0) is 44.6 Å². The smallest absolute Gasteiger partial charge is 0.252 e. The van der Waals surface area contributed by atoms with Crippen molar-refractivity contribution in [2.75, 3.05) is 13.6 Å². The molecule has 3 nitrogen and oxygen atoms in total. The van der Waals surface area contributed by atoms with Crippen LogP contribution in [0.4, 0.5) is 8.78 Å². The molecule has 23 heavy (non-hydrogen) atoms. The molecule has 2 rings (SSSR count). The molecule has 122 valence electrons. The minimum absolute atomic E-state index is 0.257. The van der Waals surface area contributed by atoms with Gasteiger partial charge in [-0.1, -0.05) is 24.3 Å². The van der Waals surface area contributed by atoms with E-state index >= 15 is 0 Å². The summed E-state index contributed by atoms with van der Waals surface area (Å²) in [5, 5.41) is 5.81. The molecule has 0 saturated heterocycles. The third-order valence-electron chi connectivity index (χ3n) is 3.68. The van der Waals surface area contributed by atoms with Crippen LogP contribution in [-0.2, 0) is 6.42 Å². The fourth-order valence-corrected chi connectivity index (χ4v) is 2.42. The molecule has 5 heteroatoms. The van der Waals surface area contributed by atoms with Gasteiger partial charge in [-0.15, -0.1) is 0 Å². The predicted molar refractivity (Wildman–Crippen MR) is 86.3 cm³/mol. The molecule has 0 saturated carbocycles. The van der Waals surface area contributed by atoms with Gasteiger partial charge in [0.25, 0.3) is 5.91 Å². The first kappa shape index (κ1) is 17.1. The Kier molecular flexibility index (Phi) is 5.82. The van der Waals surface area contributed by atoms with Gasteiger partial charge in [-0.3, -0.25) is 4.79 Å². The number of hydrogen-bond acceptors (Lipinski definition) is 2. The van der Waals surface area contributed by atoms with Crippen molar-refractivity contribution in [3.8, 4) is 0 Å². The van der Waals surface area contributed by atoms with Crippen molar-refractivity contribution in [3.05, 3.63) is 70.8 Å². The number of nitrogens with one attached hydrogen (secondary N) is 2. The molecule has 2 aromatic carbocycles. The van der Waals surface area contributed by atoms with E-state index in [-0.39, 0.29) is 11.5 Å². The number of rotatable bonds is 6. The zero-order valence-electron chi connectivity index (χ0n) is 13.2. The summed E-state index contributed by atoms with van der Waals surface area (Å²) < 4.78 is 26.8. The Bertz CT molecular complexity index is 688. The summed E-state index contributed by atoms with van der Waals surface area (Å²) in [4.78, 5) is 12.5. The van der Waals surface area contributed by atoms with Gasteiger partial charge in [0.1, 0.15) is 11.6 Å². The standard InChI is InChI=1S/C18H20F2N2O/c1-12(15-8-7-14(19)11-17(15)20)22-18(23)16-6-4-3-5-13(16)9-10-21-2/h3-8,11-12,21H,9-10H2,1-2H3,(H,22,23). The van der Waals surface area contributed by atoms with E-state index in [1.807, 2.05) is 19.2 Å². The van der Waals surface area contributed by atoms with Gasteiger partial charge in [-0.2, -0.15) is 0 Å². The molecule has 0 spiro atoms. The average Bonchev–Trinajstić information content (AvgIpc) is 2.52. The van der Waals surface area contributed by atoms with Crippen LogP contribution < -0.4 is 10.6 Å². The van der Waals surface area contributed by atoms with Crippen LogP contribution in [0.15, 0.2) is 42.5 Å². The van der Waals surface area contributed by atoms with Gasteiger partial charge in [0.15, 0.2) is 0 Å². The summed E-state index contributed by atoms with van der Waals surface area (Å²) in [6.07, 6.45) is 0.722. The second kappa shape index (κ2) is 7.83. The average molecular weight is 318 g/mol. The van der Waals surface area contributed by atoms with Crippen molar-refractivity contribution < 1.29 is 13.6 Å². The SMILES string of the molecule is CNCCc1ccccc1C(=O)NC(C)c1ccc(F)cc1F. The van der Waals surface area contributed by atoms with Crippen LogP contribution in [0, 0.1) is 11.6 Å². The minimum Gasteiger partial charge on any atom is -0.345 e. The maximum Gasteiger partial charge on any atom is 0.252 e. The van der Waals surface area contributed by atoms with E-state index < -0.39 is 17.7 Å². The van der Waals surface area contributed by atoms with Crippen LogP contribution in [0.5, 0.6) is 0 Å². The Morgan fingerprint density at radius 1 is 1.17 bits per heavy atom. The number of likely N-dealkylation sites (N-methyl/N-ethyl adjacent to an activating group) is 1. The summed E-state index contributed by atoms with van der Waals surface area (Å²) in [5.41, 5.74) is 1.75. The normalized spacial score (nSPS) is 12.0. The van der Waals surface area contributed by atoms with Gasteiger partial charge in [0, 0.05) is 17.2 Å². The second-order valence-corrected chi connectivity index (χ2v) is 5.37. The summed E-state index contributed by atoms with van der Waals surface area (Å²) in [7, 11) is 1.85. The van der Waals surface area contributed by atoms with Crippen molar-refractivity contribution >= 4 is 5.91 Å². The molecule has 0 aromatic heterocycles. The van der Waals surface area contributed by atoms with E-state index in [1.165, 1.54) is 12.1 Å². The predicted octanol–water partition coefficient (Wildman–Crippen LogP) is 3.22. The van der Waals surface area contributed by atoms with Crippen LogP contribution >= 0.6 is 0 Å². The molecule has 1 atom stereocenters. The fraction of sp³-hybridized carbons (Fsp3) is 0.278. The van der Waals surface area contributed by atoms with Gasteiger partial charge in [-0.25, -0.2) is 8.78 Å². The number of carbonyl (C=O) groups excluding carboxylic acids is 1. The van der Waals surface area contributed by atoms with E-state index in [0.717, 1.165) is 24.6 Å². The third kappa shape index (κ3) is 4.36. The topological polar surface area (TPSA) is 41.1 Å². The van der Waals surface area contributed by atoms with E-state index in [1.54, 1.807) is 19.1 Å². The Morgan fingerprint density at radius 2 is 1.91 bits per heavy atom. The summed E-state index contributed by atoms with van der Waals surface area (Å²) in [6, 6.07) is 10.1. The van der Waals surface area contributed by atoms with Gasteiger partial charge in [0.2, 0.25) is 0 Å². The highest BCUT2D eigenvalue weighted by Crippen LogP contribution is 2.19. The lowest BCUT2D eigenvalue weighted by Gasteiger charge is -2.17. The zero-order valence-corrected chi connectivity index (χ0v) is 13.2. The molecule has 0 aliphatic heterocycles. The van der Waals surface area contributed by atoms with Crippen LogP contribution in [-0.4, -0.2) is 19.5 Å². The summed E-state index contributed by atoms with van der Waals surface area (Å²) in [6.45, 7) is 2.43. The molecule has 1 amide bonds. The van der Waals surface area contributed by atoms with Crippen molar-refractivity contribution in [3.63, 3.8) is 0 Å². The molecule has 0 bridgehead atoms. The molecule has 0 fully saturated rings. The van der Waals surface area contributed by atoms with Gasteiger partial charge in [0.05, 0.1) is 6.04 Å². The highest BCUT2D eigenvalue weighted by atomic mass is 19.1. The second-order valence-electron chi connectivity index (χ2n) is 5.37. The molecule has 0 aliphatic rings. The van der Waals surface area contributed by atoms with E-state index in [9.17, 15) is 13.6 Å². The van der Waals surface area contributed by atoms with Gasteiger partial charge < -0.3 is 10.6 Å². The molecule has 0 aliphatic carbocycles. The van der Waals surface area contributed by atoms with Crippen molar-refractivity contribution in [1.82, 2.24) is 10.6 Å². The van der Waals surface area contributed by atoms with E-state index in [0.29, 0.717) is 5.56 Å². The summed E-state index contributed by atoms with van der Waals surface area (Å²) >= 11 is 0. The Labute approximate surface area is 134 Å². The Hall–Kier alpha value is -2.27. The van der Waals surface area contributed by atoms with Crippen LogP contribution in [0.1, 0.15) is 34.5 Å². The highest BCUT2D eigenvalue weighted by molar-refractivity contribution is 5.95. The third-order valence-corrected chi connectivity index (χ3v) is 3.68. The largest absolute Gasteiger partial charge is 0.345 e. The quantitative estimate of drug-likeness (QED) is 0.859. The molecule has 1 unspecified atom stereocenters. The summed E-state index contributed by atoms with van der Waals surface area (Å²) in [5.74, 6) is -1.57. The van der Waals surface area contributed by atoms with Crippen molar-refractivity contribution in [2.24, 2.45) is 0 Å². The maximum atomic E-state index is 13.8. The van der Waals surface area contributed by atoms with Crippen LogP contribution in [0.3, 0.4) is 0 Å². The van der Waals surface area contributed by atoms with E-state index in [2.05, 4.69) is 10.6 Å². The van der Waals surface area contributed by atoms with Crippen molar-refractivity contribution in [2.45, 2.75) is 19.4 Å². The number of hydrogen-bond donors (Lipinski definition) is 2. The molecule has 2 N–H and O–H groups in total. The lowest BCUT2D eigenvalue weighted by Crippen LogP contribution is -2.28. The maximum absolute atomic E-state index is 13.8. The molecular weight excluding hydrogens is 298 g/mol. The van der Waals surface area contributed by atoms with E-state index in [4.69, 9.17) is 0 Å². The number of benzene rings is 2. The van der Waals surface area contributed by atoms with Crippen molar-refractivity contribution in [1.29, 1.82) is 0 Å². The monoisotopic (exact) mass is 318 g/mol. The fourth-order valence-electron chi connectivity index (χ4n) is 2.42. The van der Waals surface area contributed by atoms with Gasteiger partial charge >= 0.3 is 0 Å². The molecular formula is C18H20F2N2O. The minimum atomic E-state index is -0.665. The number of carbonyl (C=O) groups is 1. The first-order valence-electron chi connectivity index (χ1n) is 7.51. The lowest BCUT2D eigenvalue weighted by molar-refractivity contribution is 0.0938. The first-order chi connectivity index (χ1) is 11.0. The first-order valence-corrected chi connectivity index (χ1v) is 7.51. The Morgan fingerprint density at radius 3 is 2.61 bits per heavy atom. The molecule has 0 heterocycles. The molecule has 0 radical (unpaired) electrons. The Balaban J connectivity index is 2.15. The highest BCUT2D eigenvalue weighted by Gasteiger charge is 2.17. The number of amides is 1.